The second-order valence-corrected chi connectivity index (χ2v) is 6.73. The molecule has 0 fully saturated rings. The first-order valence-electron chi connectivity index (χ1n) is 9.02. The summed E-state index contributed by atoms with van der Waals surface area (Å²) in [6, 6.07) is 13.3. The summed E-state index contributed by atoms with van der Waals surface area (Å²) in [7, 11) is 3.89. The molecule has 1 aromatic carbocycles. The molecule has 0 bridgehead atoms. The molecule has 0 atom stereocenters. The lowest BCUT2D eigenvalue weighted by Gasteiger charge is -2.24. The van der Waals surface area contributed by atoms with Gasteiger partial charge in [0.15, 0.2) is 0 Å². The minimum Gasteiger partial charge on any atom is -0.333 e. The van der Waals surface area contributed by atoms with Crippen LogP contribution in [0.5, 0.6) is 0 Å². The van der Waals surface area contributed by atoms with Crippen molar-refractivity contribution in [1.29, 1.82) is 0 Å². The molecule has 0 unspecified atom stereocenters. The standard InChI is InChI=1S/C21H23N5O2/c1-25(2)11-12-26(15-16-7-4-3-5-8-16)21(28)18-14-23-19(24-20(18)27)17-9-6-10-22-13-17/h3-10,13-14H,11-12,15H2,1-2H3,(H,23,24,27). The van der Waals surface area contributed by atoms with Crippen LogP contribution < -0.4 is 5.56 Å². The van der Waals surface area contributed by atoms with Crippen LogP contribution in [0.2, 0.25) is 0 Å². The average molecular weight is 377 g/mol. The van der Waals surface area contributed by atoms with Crippen LogP contribution in [-0.2, 0) is 6.54 Å². The van der Waals surface area contributed by atoms with Gasteiger partial charge in [0.2, 0.25) is 0 Å². The number of carbonyl (C=O) groups is 1. The third kappa shape index (κ3) is 4.89. The monoisotopic (exact) mass is 377 g/mol. The van der Waals surface area contributed by atoms with Crippen LogP contribution in [0.3, 0.4) is 0 Å². The van der Waals surface area contributed by atoms with E-state index in [1.807, 2.05) is 49.3 Å². The molecule has 2 heterocycles. The first kappa shape index (κ1) is 19.4. The summed E-state index contributed by atoms with van der Waals surface area (Å²) in [5.41, 5.74) is 1.27. The van der Waals surface area contributed by atoms with Gasteiger partial charge in [-0.3, -0.25) is 14.6 Å². The zero-order valence-corrected chi connectivity index (χ0v) is 16.0. The summed E-state index contributed by atoms with van der Waals surface area (Å²) < 4.78 is 0. The van der Waals surface area contributed by atoms with Crippen LogP contribution in [0.4, 0.5) is 0 Å². The van der Waals surface area contributed by atoms with Gasteiger partial charge < -0.3 is 14.8 Å². The number of carbonyl (C=O) groups excluding carboxylic acids is 1. The first-order chi connectivity index (χ1) is 13.5. The van der Waals surface area contributed by atoms with Crippen LogP contribution in [-0.4, -0.2) is 57.8 Å². The van der Waals surface area contributed by atoms with Gasteiger partial charge in [-0.25, -0.2) is 4.98 Å². The van der Waals surface area contributed by atoms with Gasteiger partial charge in [-0.2, -0.15) is 0 Å². The molecule has 3 aromatic rings. The third-order valence-corrected chi connectivity index (χ3v) is 4.29. The largest absolute Gasteiger partial charge is 0.333 e. The van der Waals surface area contributed by atoms with Crippen molar-refractivity contribution < 1.29 is 4.79 Å². The molecule has 0 saturated heterocycles. The van der Waals surface area contributed by atoms with Crippen molar-refractivity contribution in [2.45, 2.75) is 6.54 Å². The number of nitrogens with one attached hydrogen (secondary N) is 1. The van der Waals surface area contributed by atoms with Crippen molar-refractivity contribution in [2.24, 2.45) is 0 Å². The van der Waals surface area contributed by atoms with Crippen molar-refractivity contribution in [3.8, 4) is 11.4 Å². The Labute approximate surface area is 163 Å². The highest BCUT2D eigenvalue weighted by Gasteiger charge is 2.20. The third-order valence-electron chi connectivity index (χ3n) is 4.29. The Morgan fingerprint density at radius 1 is 1.04 bits per heavy atom. The average Bonchev–Trinajstić information content (AvgIpc) is 2.72. The summed E-state index contributed by atoms with van der Waals surface area (Å²) >= 11 is 0. The molecule has 0 saturated carbocycles. The minimum atomic E-state index is -0.457. The van der Waals surface area contributed by atoms with Gasteiger partial charge in [-0.05, 0) is 31.8 Å². The van der Waals surface area contributed by atoms with Crippen LogP contribution >= 0.6 is 0 Å². The number of likely N-dealkylation sites (N-methyl/N-ethyl adjacent to an activating group) is 1. The second kappa shape index (κ2) is 9.05. The normalized spacial score (nSPS) is 10.8. The van der Waals surface area contributed by atoms with Gasteiger partial charge in [0, 0.05) is 43.8 Å². The maximum absolute atomic E-state index is 13.1. The summed E-state index contributed by atoms with van der Waals surface area (Å²) in [6.07, 6.45) is 4.60. The number of rotatable bonds is 7. The molecule has 7 nitrogen and oxygen atoms in total. The Morgan fingerprint density at radius 3 is 2.46 bits per heavy atom. The van der Waals surface area contributed by atoms with Crippen LogP contribution in [0.15, 0.2) is 65.8 Å². The van der Waals surface area contributed by atoms with E-state index in [1.54, 1.807) is 29.4 Å². The number of H-pyrrole nitrogens is 1. The van der Waals surface area contributed by atoms with E-state index in [-0.39, 0.29) is 11.5 Å². The Kier molecular flexibility index (Phi) is 6.29. The smallest absolute Gasteiger partial charge is 0.264 e. The lowest BCUT2D eigenvalue weighted by Crippen LogP contribution is -2.38. The number of hydrogen-bond acceptors (Lipinski definition) is 5. The van der Waals surface area contributed by atoms with E-state index in [0.29, 0.717) is 31.0 Å². The Balaban J connectivity index is 1.86. The number of pyridine rings is 1. The molecule has 1 amide bonds. The van der Waals surface area contributed by atoms with E-state index < -0.39 is 5.56 Å². The first-order valence-corrected chi connectivity index (χ1v) is 9.02. The molecule has 0 aliphatic carbocycles. The van der Waals surface area contributed by atoms with E-state index in [9.17, 15) is 9.59 Å². The Bertz CT molecular complexity index is 971. The predicted molar refractivity (Wildman–Crippen MR) is 108 cm³/mol. The molecule has 2 aromatic heterocycles. The van der Waals surface area contributed by atoms with Gasteiger partial charge in [0.25, 0.3) is 11.5 Å². The summed E-state index contributed by atoms with van der Waals surface area (Å²) in [4.78, 5) is 40.3. The summed E-state index contributed by atoms with van der Waals surface area (Å²) in [5.74, 6) is 0.0507. The Hall–Kier alpha value is -3.32. The van der Waals surface area contributed by atoms with Crippen LogP contribution in [0, 0.1) is 0 Å². The zero-order chi connectivity index (χ0) is 19.9. The summed E-state index contributed by atoms with van der Waals surface area (Å²) in [6.45, 7) is 1.62. The Morgan fingerprint density at radius 2 is 1.82 bits per heavy atom. The van der Waals surface area contributed by atoms with Crippen LogP contribution in [0.25, 0.3) is 11.4 Å². The number of aromatic amines is 1. The molecule has 28 heavy (non-hydrogen) atoms. The maximum Gasteiger partial charge on any atom is 0.264 e. The van der Waals surface area contributed by atoms with E-state index >= 15 is 0 Å². The molecular formula is C21H23N5O2. The summed E-state index contributed by atoms with van der Waals surface area (Å²) in [5, 5.41) is 0. The number of aromatic nitrogens is 3. The molecule has 144 valence electrons. The minimum absolute atomic E-state index is 0.0299. The van der Waals surface area contributed by atoms with Gasteiger partial charge in [0.1, 0.15) is 11.4 Å². The molecule has 0 aliphatic heterocycles. The highest BCUT2D eigenvalue weighted by atomic mass is 16.2. The molecular weight excluding hydrogens is 354 g/mol. The van der Waals surface area contributed by atoms with Crippen LogP contribution in [0.1, 0.15) is 15.9 Å². The number of amides is 1. The highest BCUT2D eigenvalue weighted by Crippen LogP contribution is 2.12. The van der Waals surface area contributed by atoms with Gasteiger partial charge >= 0.3 is 0 Å². The molecule has 7 heteroatoms. The van der Waals surface area contributed by atoms with Gasteiger partial charge in [0.05, 0.1) is 0 Å². The zero-order valence-electron chi connectivity index (χ0n) is 16.0. The van der Waals surface area contributed by atoms with Gasteiger partial charge in [-0.15, -0.1) is 0 Å². The van der Waals surface area contributed by atoms with Crippen molar-refractivity contribution in [3.05, 3.63) is 82.5 Å². The molecule has 1 N–H and O–H groups in total. The predicted octanol–water partition coefficient (Wildman–Crippen LogP) is 2.04. The lowest BCUT2D eigenvalue weighted by molar-refractivity contribution is 0.0729. The molecule has 0 radical (unpaired) electrons. The van der Waals surface area contributed by atoms with Gasteiger partial charge in [-0.1, -0.05) is 30.3 Å². The van der Waals surface area contributed by atoms with E-state index in [1.165, 1.54) is 6.20 Å². The number of nitrogens with zero attached hydrogens (tertiary/aromatic N) is 4. The number of benzene rings is 1. The SMILES string of the molecule is CN(C)CCN(Cc1ccccc1)C(=O)c1cnc(-c2cccnc2)[nH]c1=O. The molecule has 0 aliphatic rings. The van der Waals surface area contributed by atoms with Crippen molar-refractivity contribution in [2.75, 3.05) is 27.2 Å². The lowest BCUT2D eigenvalue weighted by atomic mass is 10.2. The fraction of sp³-hybridized carbons (Fsp3) is 0.238. The van der Waals surface area contributed by atoms with E-state index in [0.717, 1.165) is 5.56 Å². The van der Waals surface area contributed by atoms with Crippen molar-refractivity contribution >= 4 is 5.91 Å². The van der Waals surface area contributed by atoms with Crippen molar-refractivity contribution in [1.82, 2.24) is 24.8 Å². The maximum atomic E-state index is 13.1. The topological polar surface area (TPSA) is 82.2 Å². The second-order valence-electron chi connectivity index (χ2n) is 6.73. The molecule has 3 rings (SSSR count). The van der Waals surface area contributed by atoms with Crippen molar-refractivity contribution in [3.63, 3.8) is 0 Å². The van der Waals surface area contributed by atoms with E-state index in [2.05, 4.69) is 15.0 Å². The quantitative estimate of drug-likeness (QED) is 0.681. The fourth-order valence-corrected chi connectivity index (χ4v) is 2.74. The molecule has 0 spiro atoms. The highest BCUT2D eigenvalue weighted by molar-refractivity contribution is 5.93. The van der Waals surface area contributed by atoms with E-state index in [4.69, 9.17) is 0 Å². The number of hydrogen-bond donors (Lipinski definition) is 1. The fourth-order valence-electron chi connectivity index (χ4n) is 2.74.